The van der Waals surface area contributed by atoms with Crippen LogP contribution in [0.1, 0.15) is 18.2 Å². The number of anilines is 2. The second kappa shape index (κ2) is 6.82. The molecule has 0 saturated carbocycles. The number of nitrogens with one attached hydrogen (secondary N) is 2. The van der Waals surface area contributed by atoms with E-state index in [1.54, 1.807) is 35.2 Å². The zero-order valence-electron chi connectivity index (χ0n) is 13.3. The Morgan fingerprint density at radius 1 is 1.21 bits per heavy atom. The average Bonchev–Trinajstić information content (AvgIpc) is 3.06. The zero-order valence-corrected chi connectivity index (χ0v) is 14.9. The Morgan fingerprint density at radius 3 is 2.58 bits per heavy atom. The summed E-state index contributed by atoms with van der Waals surface area (Å²) in [6, 6.07) is 10.2. The molecule has 3 rings (SSSR count). The molecule has 6 nitrogen and oxygen atoms in total. The Morgan fingerprint density at radius 2 is 1.96 bits per heavy atom. The van der Waals surface area contributed by atoms with Crippen molar-refractivity contribution in [2.24, 2.45) is 0 Å². The standard InChI is InChI=1S/C16H19N3O3S2/c1-2-14-8-9-15(23-14)24(21,22)18-12-4-6-13(7-5-12)19-11-3-10-17-16(19)20/h4-9,18H,2-3,10-11H2,1H3,(H,17,20). The minimum atomic E-state index is -3.58. The largest absolute Gasteiger partial charge is 0.338 e. The van der Waals surface area contributed by atoms with Gasteiger partial charge in [-0.25, -0.2) is 13.2 Å². The fourth-order valence-corrected chi connectivity index (χ4v) is 4.84. The minimum Gasteiger partial charge on any atom is -0.338 e. The van der Waals surface area contributed by atoms with Crippen molar-refractivity contribution >= 4 is 38.8 Å². The highest BCUT2D eigenvalue weighted by Gasteiger charge is 2.20. The maximum atomic E-state index is 12.4. The highest BCUT2D eigenvalue weighted by Crippen LogP contribution is 2.26. The SMILES string of the molecule is CCc1ccc(S(=O)(=O)Nc2ccc(N3CCCNC3=O)cc2)s1. The highest BCUT2D eigenvalue weighted by atomic mass is 32.2. The third kappa shape index (κ3) is 3.54. The summed E-state index contributed by atoms with van der Waals surface area (Å²) in [5.41, 5.74) is 1.22. The van der Waals surface area contributed by atoms with Crippen LogP contribution in [0.25, 0.3) is 0 Å². The summed E-state index contributed by atoms with van der Waals surface area (Å²) in [5.74, 6) is 0. The molecule has 2 amide bonds. The van der Waals surface area contributed by atoms with Crippen molar-refractivity contribution in [3.63, 3.8) is 0 Å². The number of hydrogen-bond acceptors (Lipinski definition) is 4. The molecule has 2 N–H and O–H groups in total. The first-order valence-corrected chi connectivity index (χ1v) is 10.1. The Bertz CT molecular complexity index is 829. The number of benzene rings is 1. The molecular formula is C16H19N3O3S2. The maximum absolute atomic E-state index is 12.4. The Labute approximate surface area is 145 Å². The van der Waals surface area contributed by atoms with E-state index in [0.717, 1.165) is 23.4 Å². The van der Waals surface area contributed by atoms with Crippen molar-refractivity contribution in [2.45, 2.75) is 24.0 Å². The van der Waals surface area contributed by atoms with E-state index < -0.39 is 10.0 Å². The van der Waals surface area contributed by atoms with E-state index >= 15 is 0 Å². The average molecular weight is 365 g/mol. The summed E-state index contributed by atoms with van der Waals surface area (Å²) in [5, 5.41) is 2.79. The van der Waals surface area contributed by atoms with Crippen LogP contribution in [0, 0.1) is 0 Å². The van der Waals surface area contributed by atoms with Crippen LogP contribution in [0.2, 0.25) is 0 Å². The van der Waals surface area contributed by atoms with Crippen LogP contribution < -0.4 is 14.9 Å². The first-order chi connectivity index (χ1) is 11.5. The van der Waals surface area contributed by atoms with E-state index in [2.05, 4.69) is 10.0 Å². The van der Waals surface area contributed by atoms with E-state index in [-0.39, 0.29) is 6.03 Å². The normalized spacial score (nSPS) is 15.2. The van der Waals surface area contributed by atoms with Gasteiger partial charge in [0.1, 0.15) is 4.21 Å². The molecule has 1 fully saturated rings. The van der Waals surface area contributed by atoms with E-state index in [1.807, 2.05) is 13.0 Å². The van der Waals surface area contributed by atoms with Crippen LogP contribution in [-0.2, 0) is 16.4 Å². The number of carbonyl (C=O) groups excluding carboxylic acids is 1. The topological polar surface area (TPSA) is 78.5 Å². The lowest BCUT2D eigenvalue weighted by molar-refractivity contribution is 0.243. The number of hydrogen-bond donors (Lipinski definition) is 2. The van der Waals surface area contributed by atoms with Gasteiger partial charge < -0.3 is 5.32 Å². The second-order valence-electron chi connectivity index (χ2n) is 5.46. The lowest BCUT2D eigenvalue weighted by Gasteiger charge is -2.27. The molecule has 1 aromatic heterocycles. The quantitative estimate of drug-likeness (QED) is 0.855. The molecule has 0 bridgehead atoms. The van der Waals surface area contributed by atoms with Crippen molar-refractivity contribution < 1.29 is 13.2 Å². The molecule has 0 aliphatic carbocycles. The van der Waals surface area contributed by atoms with E-state index in [1.165, 1.54) is 11.3 Å². The number of amides is 2. The lowest BCUT2D eigenvalue weighted by atomic mass is 10.2. The van der Waals surface area contributed by atoms with Crippen LogP contribution in [0.4, 0.5) is 16.2 Å². The van der Waals surface area contributed by atoms with Crippen molar-refractivity contribution in [3.8, 4) is 0 Å². The summed E-state index contributed by atoms with van der Waals surface area (Å²) < 4.78 is 27.7. The van der Waals surface area contributed by atoms with Crippen molar-refractivity contribution in [3.05, 3.63) is 41.3 Å². The van der Waals surface area contributed by atoms with Gasteiger partial charge in [0.15, 0.2) is 0 Å². The molecule has 1 aliphatic heterocycles. The molecule has 1 saturated heterocycles. The molecule has 0 radical (unpaired) electrons. The molecule has 24 heavy (non-hydrogen) atoms. The predicted octanol–water partition coefficient (Wildman–Crippen LogP) is 3.03. The van der Waals surface area contributed by atoms with Gasteiger partial charge in [0.2, 0.25) is 0 Å². The van der Waals surface area contributed by atoms with Crippen LogP contribution in [-0.4, -0.2) is 27.5 Å². The van der Waals surface area contributed by atoms with Crippen LogP contribution in [0.5, 0.6) is 0 Å². The molecule has 0 unspecified atom stereocenters. The molecule has 128 valence electrons. The first kappa shape index (κ1) is 16.8. The molecule has 0 atom stereocenters. The number of nitrogens with zero attached hydrogens (tertiary/aromatic N) is 1. The van der Waals surface area contributed by atoms with Crippen LogP contribution in [0.15, 0.2) is 40.6 Å². The molecule has 2 aromatic rings. The van der Waals surface area contributed by atoms with E-state index in [9.17, 15) is 13.2 Å². The van der Waals surface area contributed by atoms with Crippen LogP contribution in [0.3, 0.4) is 0 Å². The molecular weight excluding hydrogens is 346 g/mol. The van der Waals surface area contributed by atoms with Gasteiger partial charge in [-0.05, 0) is 49.2 Å². The summed E-state index contributed by atoms with van der Waals surface area (Å²) in [6.07, 6.45) is 1.70. The van der Waals surface area contributed by atoms with Gasteiger partial charge in [0.05, 0.1) is 0 Å². The van der Waals surface area contributed by atoms with Gasteiger partial charge in [-0.15, -0.1) is 11.3 Å². The lowest BCUT2D eigenvalue weighted by Crippen LogP contribution is -2.46. The number of aryl methyl sites for hydroxylation is 1. The Hall–Kier alpha value is -2.06. The first-order valence-electron chi connectivity index (χ1n) is 7.76. The molecule has 8 heteroatoms. The fourth-order valence-electron chi connectivity index (χ4n) is 2.48. The number of urea groups is 1. The van der Waals surface area contributed by atoms with E-state index in [4.69, 9.17) is 0 Å². The van der Waals surface area contributed by atoms with Gasteiger partial charge in [0, 0.05) is 29.3 Å². The van der Waals surface area contributed by atoms with E-state index in [0.29, 0.717) is 23.0 Å². The number of rotatable bonds is 5. The highest BCUT2D eigenvalue weighted by molar-refractivity contribution is 7.94. The monoisotopic (exact) mass is 365 g/mol. The van der Waals surface area contributed by atoms with Gasteiger partial charge in [0.25, 0.3) is 10.0 Å². The fraction of sp³-hybridized carbons (Fsp3) is 0.312. The number of sulfonamides is 1. The molecule has 1 aliphatic rings. The molecule has 1 aromatic carbocycles. The predicted molar refractivity (Wildman–Crippen MR) is 96.3 cm³/mol. The van der Waals surface area contributed by atoms with Crippen LogP contribution >= 0.6 is 11.3 Å². The number of thiophene rings is 1. The summed E-state index contributed by atoms with van der Waals surface area (Å²) in [6.45, 7) is 3.34. The van der Waals surface area contributed by atoms with Gasteiger partial charge in [-0.3, -0.25) is 9.62 Å². The van der Waals surface area contributed by atoms with Crippen molar-refractivity contribution in [2.75, 3.05) is 22.7 Å². The van der Waals surface area contributed by atoms with Gasteiger partial charge in [-0.2, -0.15) is 0 Å². The Balaban J connectivity index is 1.75. The van der Waals surface area contributed by atoms with Gasteiger partial charge in [-0.1, -0.05) is 6.92 Å². The minimum absolute atomic E-state index is 0.125. The summed E-state index contributed by atoms with van der Waals surface area (Å²) in [4.78, 5) is 14.5. The van der Waals surface area contributed by atoms with Crippen molar-refractivity contribution in [1.29, 1.82) is 0 Å². The van der Waals surface area contributed by atoms with Crippen molar-refractivity contribution in [1.82, 2.24) is 5.32 Å². The summed E-state index contributed by atoms with van der Waals surface area (Å²) >= 11 is 1.27. The smallest absolute Gasteiger partial charge is 0.321 e. The Kier molecular flexibility index (Phi) is 4.77. The molecule has 2 heterocycles. The van der Waals surface area contributed by atoms with Gasteiger partial charge >= 0.3 is 6.03 Å². The summed E-state index contributed by atoms with van der Waals surface area (Å²) in [7, 11) is -3.58. The second-order valence-corrected chi connectivity index (χ2v) is 8.54. The maximum Gasteiger partial charge on any atom is 0.321 e. The molecule has 0 spiro atoms. The third-order valence-corrected chi connectivity index (χ3v) is 6.86. The zero-order chi connectivity index (χ0) is 17.2. The number of carbonyl (C=O) groups is 1. The third-order valence-electron chi connectivity index (χ3n) is 3.76.